The fraction of sp³-hybridized carbons (Fsp3) is 0.0667. The van der Waals surface area contributed by atoms with Crippen LogP contribution in [0.15, 0.2) is 42.5 Å². The fourth-order valence-corrected chi connectivity index (χ4v) is 2.21. The normalized spacial score (nSPS) is 9.73. The van der Waals surface area contributed by atoms with E-state index in [1.807, 2.05) is 6.07 Å². The van der Waals surface area contributed by atoms with Crippen LogP contribution in [0.4, 0.5) is 0 Å². The quantitative estimate of drug-likeness (QED) is 0.877. The molecule has 0 saturated carbocycles. The molecule has 0 spiro atoms. The van der Waals surface area contributed by atoms with Crippen LogP contribution in [-0.4, -0.2) is 11.8 Å². The predicted molar refractivity (Wildman–Crippen MR) is 89.8 cm³/mol. The highest BCUT2D eigenvalue weighted by molar-refractivity contribution is 6.34. The molecule has 0 atom stereocenters. The number of benzene rings is 2. The first-order chi connectivity index (χ1) is 9.97. The Bertz CT molecular complexity index is 705. The van der Waals surface area contributed by atoms with Gasteiger partial charge < -0.3 is 11.1 Å². The van der Waals surface area contributed by atoms with Crippen LogP contribution < -0.4 is 11.1 Å². The Labute approximate surface area is 144 Å². The molecule has 0 aliphatic rings. The Balaban J connectivity index is 0.00000242. The van der Waals surface area contributed by atoms with Gasteiger partial charge in [0.15, 0.2) is 0 Å². The third kappa shape index (κ3) is 4.63. The van der Waals surface area contributed by atoms with Gasteiger partial charge in [-0.05, 0) is 35.9 Å². The summed E-state index contributed by atoms with van der Waals surface area (Å²) in [5.41, 5.74) is 6.50. The lowest BCUT2D eigenvalue weighted by molar-refractivity contribution is 0.0951. The SMILES string of the molecule is Cl.NC(=O)c1cc(C(=O)NCc2cccc(Cl)c2)ccc1Cl. The number of halogens is 3. The summed E-state index contributed by atoms with van der Waals surface area (Å²) in [6, 6.07) is 11.5. The second-order valence-electron chi connectivity index (χ2n) is 4.37. The first kappa shape index (κ1) is 18.3. The van der Waals surface area contributed by atoms with Crippen molar-refractivity contribution in [1.29, 1.82) is 0 Å². The molecule has 116 valence electrons. The van der Waals surface area contributed by atoms with Crippen molar-refractivity contribution in [2.45, 2.75) is 6.54 Å². The number of primary amides is 1. The zero-order valence-corrected chi connectivity index (χ0v) is 13.6. The summed E-state index contributed by atoms with van der Waals surface area (Å²) in [7, 11) is 0. The topological polar surface area (TPSA) is 72.2 Å². The number of hydrogen-bond donors (Lipinski definition) is 2. The van der Waals surface area contributed by atoms with Crippen molar-refractivity contribution in [1.82, 2.24) is 5.32 Å². The molecule has 0 saturated heterocycles. The van der Waals surface area contributed by atoms with Crippen molar-refractivity contribution in [3.63, 3.8) is 0 Å². The first-order valence-corrected chi connectivity index (χ1v) is 6.85. The predicted octanol–water partition coefficient (Wildman–Crippen LogP) is 3.44. The van der Waals surface area contributed by atoms with Crippen molar-refractivity contribution >= 4 is 47.4 Å². The Kier molecular flexibility index (Phi) is 6.68. The van der Waals surface area contributed by atoms with Gasteiger partial charge in [0.25, 0.3) is 5.91 Å². The van der Waals surface area contributed by atoms with Crippen molar-refractivity contribution in [3.8, 4) is 0 Å². The molecular weight excluding hydrogens is 347 g/mol. The third-order valence-corrected chi connectivity index (χ3v) is 3.40. The van der Waals surface area contributed by atoms with E-state index in [1.165, 1.54) is 18.2 Å². The standard InChI is InChI=1S/C15H12Cl2N2O2.ClH/c16-11-3-1-2-9(6-11)8-19-15(21)10-4-5-13(17)12(7-10)14(18)20;/h1-7H,8H2,(H2,18,20)(H,19,21);1H. The lowest BCUT2D eigenvalue weighted by atomic mass is 10.1. The van der Waals surface area contributed by atoms with Gasteiger partial charge in [-0.1, -0.05) is 35.3 Å². The average molecular weight is 360 g/mol. The lowest BCUT2D eigenvalue weighted by Crippen LogP contribution is -2.23. The summed E-state index contributed by atoms with van der Waals surface area (Å²) in [6.45, 7) is 0.327. The molecule has 0 fully saturated rings. The van der Waals surface area contributed by atoms with E-state index in [2.05, 4.69) is 5.32 Å². The largest absolute Gasteiger partial charge is 0.366 e. The van der Waals surface area contributed by atoms with E-state index in [1.54, 1.807) is 18.2 Å². The molecule has 0 aliphatic heterocycles. The summed E-state index contributed by atoms with van der Waals surface area (Å²) >= 11 is 11.7. The first-order valence-electron chi connectivity index (χ1n) is 6.09. The molecule has 0 unspecified atom stereocenters. The molecule has 0 aliphatic carbocycles. The average Bonchev–Trinajstić information content (AvgIpc) is 2.45. The van der Waals surface area contributed by atoms with Crippen LogP contribution in [0.25, 0.3) is 0 Å². The highest BCUT2D eigenvalue weighted by Crippen LogP contribution is 2.17. The fourth-order valence-electron chi connectivity index (χ4n) is 1.79. The maximum absolute atomic E-state index is 12.0. The Hall–Kier alpha value is -1.75. The van der Waals surface area contributed by atoms with Gasteiger partial charge in [-0.25, -0.2) is 0 Å². The van der Waals surface area contributed by atoms with Gasteiger partial charge in [0.05, 0.1) is 10.6 Å². The van der Waals surface area contributed by atoms with Gasteiger partial charge in [-0.2, -0.15) is 0 Å². The van der Waals surface area contributed by atoms with Gasteiger partial charge in [0.1, 0.15) is 0 Å². The van der Waals surface area contributed by atoms with E-state index >= 15 is 0 Å². The van der Waals surface area contributed by atoms with Crippen LogP contribution in [0.5, 0.6) is 0 Å². The van der Waals surface area contributed by atoms with Crippen molar-refractivity contribution in [2.75, 3.05) is 0 Å². The van der Waals surface area contributed by atoms with Gasteiger partial charge >= 0.3 is 0 Å². The minimum atomic E-state index is -0.676. The second kappa shape index (κ2) is 8.03. The number of nitrogens with two attached hydrogens (primary N) is 1. The molecule has 4 nitrogen and oxygen atoms in total. The van der Waals surface area contributed by atoms with Gasteiger partial charge in [-0.15, -0.1) is 12.4 Å². The Morgan fingerprint density at radius 1 is 1.09 bits per heavy atom. The molecule has 22 heavy (non-hydrogen) atoms. The molecule has 0 aromatic heterocycles. The van der Waals surface area contributed by atoms with Crippen LogP contribution in [-0.2, 0) is 6.54 Å². The van der Waals surface area contributed by atoms with Gasteiger partial charge in [0, 0.05) is 17.1 Å². The summed E-state index contributed by atoms with van der Waals surface area (Å²) in [4.78, 5) is 23.3. The molecule has 7 heteroatoms. The molecule has 0 bridgehead atoms. The number of rotatable bonds is 4. The Morgan fingerprint density at radius 2 is 1.82 bits per heavy atom. The molecule has 2 rings (SSSR count). The third-order valence-electron chi connectivity index (χ3n) is 2.84. The van der Waals surface area contributed by atoms with Crippen molar-refractivity contribution in [3.05, 3.63) is 69.2 Å². The summed E-state index contributed by atoms with van der Waals surface area (Å²) in [6.07, 6.45) is 0. The summed E-state index contributed by atoms with van der Waals surface area (Å²) < 4.78 is 0. The van der Waals surface area contributed by atoms with E-state index < -0.39 is 5.91 Å². The number of hydrogen-bond acceptors (Lipinski definition) is 2. The molecule has 2 amide bonds. The van der Waals surface area contributed by atoms with Crippen LogP contribution in [0.1, 0.15) is 26.3 Å². The lowest BCUT2D eigenvalue weighted by Gasteiger charge is -2.07. The van der Waals surface area contributed by atoms with Crippen molar-refractivity contribution < 1.29 is 9.59 Å². The van der Waals surface area contributed by atoms with E-state index in [-0.39, 0.29) is 28.9 Å². The van der Waals surface area contributed by atoms with Gasteiger partial charge in [0.2, 0.25) is 5.91 Å². The number of carbonyl (C=O) groups excluding carboxylic acids is 2. The maximum atomic E-state index is 12.0. The second-order valence-corrected chi connectivity index (χ2v) is 5.22. The highest BCUT2D eigenvalue weighted by atomic mass is 35.5. The van der Waals surface area contributed by atoms with Gasteiger partial charge in [-0.3, -0.25) is 9.59 Å². The minimum absolute atomic E-state index is 0. The summed E-state index contributed by atoms with van der Waals surface area (Å²) in [5, 5.41) is 3.55. The van der Waals surface area contributed by atoms with Crippen LogP contribution in [0.2, 0.25) is 10.0 Å². The van der Waals surface area contributed by atoms with Crippen LogP contribution >= 0.6 is 35.6 Å². The Morgan fingerprint density at radius 3 is 2.45 bits per heavy atom. The van der Waals surface area contributed by atoms with Crippen molar-refractivity contribution in [2.24, 2.45) is 5.73 Å². The molecular formula is C15H13Cl3N2O2. The van der Waals surface area contributed by atoms with Crippen LogP contribution in [0.3, 0.4) is 0 Å². The molecule has 2 aromatic rings. The van der Waals surface area contributed by atoms with E-state index in [4.69, 9.17) is 28.9 Å². The number of amides is 2. The molecule has 3 N–H and O–H groups in total. The smallest absolute Gasteiger partial charge is 0.251 e. The minimum Gasteiger partial charge on any atom is -0.366 e. The molecule has 0 radical (unpaired) electrons. The molecule has 2 aromatic carbocycles. The molecule has 0 heterocycles. The monoisotopic (exact) mass is 358 g/mol. The number of carbonyl (C=O) groups is 2. The van der Waals surface area contributed by atoms with E-state index in [9.17, 15) is 9.59 Å². The zero-order chi connectivity index (χ0) is 15.4. The number of nitrogens with one attached hydrogen (secondary N) is 1. The van der Waals surface area contributed by atoms with E-state index in [0.29, 0.717) is 17.1 Å². The maximum Gasteiger partial charge on any atom is 0.251 e. The zero-order valence-electron chi connectivity index (χ0n) is 11.3. The van der Waals surface area contributed by atoms with E-state index in [0.717, 1.165) is 5.56 Å². The highest BCUT2D eigenvalue weighted by Gasteiger charge is 2.12. The van der Waals surface area contributed by atoms with Crippen LogP contribution in [0, 0.1) is 0 Å². The summed E-state index contributed by atoms with van der Waals surface area (Å²) in [5.74, 6) is -1.00.